The van der Waals surface area contributed by atoms with Crippen molar-refractivity contribution in [1.82, 2.24) is 19.4 Å². The first-order valence-corrected chi connectivity index (χ1v) is 8.14. The van der Waals surface area contributed by atoms with Gasteiger partial charge in [-0.3, -0.25) is 14.4 Å². The van der Waals surface area contributed by atoms with Crippen LogP contribution in [0, 0.1) is 0 Å². The number of amides is 2. The third-order valence-corrected chi connectivity index (χ3v) is 3.93. The molecular weight excluding hydrogens is 350 g/mol. The zero-order chi connectivity index (χ0) is 19.6. The lowest BCUT2D eigenvalue weighted by Gasteiger charge is -2.12. The molecule has 2 heterocycles. The van der Waals surface area contributed by atoms with Gasteiger partial charge >= 0.3 is 0 Å². The van der Waals surface area contributed by atoms with E-state index in [0.717, 1.165) is 0 Å². The van der Waals surface area contributed by atoms with E-state index in [9.17, 15) is 14.4 Å². The van der Waals surface area contributed by atoms with Gasteiger partial charge in [0.1, 0.15) is 5.75 Å². The van der Waals surface area contributed by atoms with Gasteiger partial charge < -0.3 is 24.5 Å². The number of anilines is 1. The number of pyridine rings is 1. The highest BCUT2D eigenvalue weighted by atomic mass is 16.5. The Morgan fingerprint density at radius 3 is 2.63 bits per heavy atom. The number of hydrogen-bond donors (Lipinski definition) is 2. The molecule has 2 aromatic heterocycles. The SMILES string of the molecule is CN(C)C(=O)COc1ccc(NC(=O)c2cc(=O)[nH]c3ncn(C)c23)cc1. The Morgan fingerprint density at radius 1 is 1.26 bits per heavy atom. The second-order valence-corrected chi connectivity index (χ2v) is 6.16. The van der Waals surface area contributed by atoms with Gasteiger partial charge in [0, 0.05) is 32.9 Å². The van der Waals surface area contributed by atoms with Crippen LogP contribution in [-0.4, -0.2) is 52.0 Å². The molecule has 0 aliphatic rings. The molecule has 0 saturated carbocycles. The molecular formula is C18H19N5O4. The van der Waals surface area contributed by atoms with E-state index in [-0.39, 0.29) is 18.1 Å². The molecule has 0 aliphatic heterocycles. The van der Waals surface area contributed by atoms with Gasteiger partial charge in [-0.1, -0.05) is 0 Å². The number of fused-ring (bicyclic) bond motifs is 1. The molecule has 9 nitrogen and oxygen atoms in total. The number of nitrogens with zero attached hydrogens (tertiary/aromatic N) is 3. The number of nitrogens with one attached hydrogen (secondary N) is 2. The van der Waals surface area contributed by atoms with Crippen molar-refractivity contribution in [3.05, 3.63) is 52.6 Å². The number of aryl methyl sites for hydroxylation is 1. The second-order valence-electron chi connectivity index (χ2n) is 6.16. The van der Waals surface area contributed by atoms with E-state index in [1.807, 2.05) is 0 Å². The number of hydrogen-bond acceptors (Lipinski definition) is 5. The summed E-state index contributed by atoms with van der Waals surface area (Å²) in [5, 5.41) is 2.74. The molecule has 0 bridgehead atoms. The Bertz CT molecular complexity index is 1050. The Balaban J connectivity index is 1.74. The van der Waals surface area contributed by atoms with Crippen molar-refractivity contribution in [2.45, 2.75) is 0 Å². The number of likely N-dealkylation sites (N-methyl/N-ethyl adjacent to an activating group) is 1. The maximum atomic E-state index is 12.6. The highest BCUT2D eigenvalue weighted by molar-refractivity contribution is 6.11. The first-order valence-electron chi connectivity index (χ1n) is 8.14. The molecule has 2 N–H and O–H groups in total. The van der Waals surface area contributed by atoms with E-state index < -0.39 is 11.5 Å². The van der Waals surface area contributed by atoms with Crippen LogP contribution >= 0.6 is 0 Å². The molecule has 0 aliphatic carbocycles. The van der Waals surface area contributed by atoms with Crippen LogP contribution in [-0.2, 0) is 11.8 Å². The minimum atomic E-state index is -0.425. The maximum Gasteiger partial charge on any atom is 0.259 e. The van der Waals surface area contributed by atoms with Gasteiger partial charge in [0.05, 0.1) is 17.4 Å². The number of aromatic amines is 1. The normalized spacial score (nSPS) is 10.6. The van der Waals surface area contributed by atoms with Crippen LogP contribution in [0.4, 0.5) is 5.69 Å². The summed E-state index contributed by atoms with van der Waals surface area (Å²) in [5.41, 5.74) is 1.24. The maximum absolute atomic E-state index is 12.6. The summed E-state index contributed by atoms with van der Waals surface area (Å²) in [4.78, 5) is 44.0. The quantitative estimate of drug-likeness (QED) is 0.697. The molecule has 1 aromatic carbocycles. The third-order valence-electron chi connectivity index (χ3n) is 3.93. The van der Waals surface area contributed by atoms with Crippen molar-refractivity contribution >= 4 is 28.7 Å². The molecule has 0 atom stereocenters. The summed E-state index contributed by atoms with van der Waals surface area (Å²) in [7, 11) is 5.04. The minimum Gasteiger partial charge on any atom is -0.484 e. The average molecular weight is 369 g/mol. The van der Waals surface area contributed by atoms with Gasteiger partial charge in [-0.15, -0.1) is 0 Å². The van der Waals surface area contributed by atoms with Crippen molar-refractivity contribution in [2.24, 2.45) is 7.05 Å². The van der Waals surface area contributed by atoms with E-state index in [1.165, 1.54) is 17.3 Å². The topological polar surface area (TPSA) is 109 Å². The monoisotopic (exact) mass is 369 g/mol. The van der Waals surface area contributed by atoms with Gasteiger partial charge in [-0.25, -0.2) is 4.98 Å². The lowest BCUT2D eigenvalue weighted by Crippen LogP contribution is -2.27. The van der Waals surface area contributed by atoms with E-state index >= 15 is 0 Å². The van der Waals surface area contributed by atoms with Gasteiger partial charge in [-0.2, -0.15) is 0 Å². The molecule has 0 radical (unpaired) electrons. The first-order chi connectivity index (χ1) is 12.8. The minimum absolute atomic E-state index is 0.0655. The molecule has 0 unspecified atom stereocenters. The predicted octanol–water partition coefficient (Wildman–Crippen LogP) is 0.981. The Kier molecular flexibility index (Phi) is 4.93. The van der Waals surface area contributed by atoms with Crippen LogP contribution in [0.3, 0.4) is 0 Å². The van der Waals surface area contributed by atoms with Gasteiger partial charge in [0.2, 0.25) is 5.56 Å². The highest BCUT2D eigenvalue weighted by Crippen LogP contribution is 2.18. The molecule has 0 saturated heterocycles. The van der Waals surface area contributed by atoms with Crippen LogP contribution < -0.4 is 15.6 Å². The van der Waals surface area contributed by atoms with E-state index in [2.05, 4.69) is 15.3 Å². The van der Waals surface area contributed by atoms with Gasteiger partial charge in [0.15, 0.2) is 12.3 Å². The van der Waals surface area contributed by atoms with Crippen LogP contribution in [0.5, 0.6) is 5.75 Å². The number of aromatic nitrogens is 3. The lowest BCUT2D eigenvalue weighted by molar-refractivity contribution is -0.130. The van der Waals surface area contributed by atoms with Gasteiger partial charge in [0.25, 0.3) is 11.8 Å². The van der Waals surface area contributed by atoms with E-state index in [1.54, 1.807) is 50.0 Å². The molecule has 0 fully saturated rings. The standard InChI is InChI=1S/C18H19N5O4/c1-22(2)15(25)9-27-12-6-4-11(5-7-12)20-18(26)13-8-14(24)21-17-16(13)23(3)10-19-17/h4-8,10H,9H2,1-3H3,(H,20,26)(H,21,24). The molecule has 140 valence electrons. The summed E-state index contributed by atoms with van der Waals surface area (Å²) in [5.74, 6) is -0.0681. The zero-order valence-corrected chi connectivity index (χ0v) is 15.1. The fourth-order valence-electron chi connectivity index (χ4n) is 2.47. The van der Waals surface area contributed by atoms with Crippen molar-refractivity contribution in [3.63, 3.8) is 0 Å². The summed E-state index contributed by atoms with van der Waals surface area (Å²) in [6.07, 6.45) is 1.53. The van der Waals surface area contributed by atoms with Crippen LogP contribution in [0.1, 0.15) is 10.4 Å². The Hall–Kier alpha value is -3.62. The van der Waals surface area contributed by atoms with Crippen molar-refractivity contribution in [2.75, 3.05) is 26.0 Å². The fraction of sp³-hybridized carbons (Fsp3) is 0.222. The summed E-state index contributed by atoms with van der Waals surface area (Å²) in [6.45, 7) is -0.0655. The third kappa shape index (κ3) is 3.97. The number of benzene rings is 1. The number of ether oxygens (including phenoxy) is 1. The van der Waals surface area contributed by atoms with Crippen molar-refractivity contribution < 1.29 is 14.3 Å². The largest absolute Gasteiger partial charge is 0.484 e. The molecule has 3 rings (SSSR count). The molecule has 2 amide bonds. The summed E-state index contributed by atoms with van der Waals surface area (Å²) >= 11 is 0. The van der Waals surface area contributed by atoms with Crippen LogP contribution in [0.15, 0.2) is 41.5 Å². The number of imidazole rings is 1. The van der Waals surface area contributed by atoms with Crippen molar-refractivity contribution in [1.29, 1.82) is 0 Å². The molecule has 0 spiro atoms. The lowest BCUT2D eigenvalue weighted by atomic mass is 10.2. The smallest absolute Gasteiger partial charge is 0.259 e. The summed E-state index contributed by atoms with van der Waals surface area (Å²) < 4.78 is 7.06. The Morgan fingerprint density at radius 2 is 1.96 bits per heavy atom. The number of carbonyl (C=O) groups excluding carboxylic acids is 2. The van der Waals surface area contributed by atoms with Crippen LogP contribution in [0.25, 0.3) is 11.2 Å². The number of carbonyl (C=O) groups is 2. The molecule has 27 heavy (non-hydrogen) atoms. The van der Waals surface area contributed by atoms with E-state index in [0.29, 0.717) is 22.6 Å². The first kappa shape index (κ1) is 18.2. The van der Waals surface area contributed by atoms with E-state index in [4.69, 9.17) is 4.74 Å². The van der Waals surface area contributed by atoms with Crippen LogP contribution in [0.2, 0.25) is 0 Å². The van der Waals surface area contributed by atoms with Crippen molar-refractivity contribution in [3.8, 4) is 5.75 Å². The zero-order valence-electron chi connectivity index (χ0n) is 15.1. The summed E-state index contributed by atoms with van der Waals surface area (Å²) in [6, 6.07) is 7.84. The second kappa shape index (κ2) is 7.32. The molecule has 3 aromatic rings. The Labute approximate surface area is 154 Å². The predicted molar refractivity (Wildman–Crippen MR) is 99.9 cm³/mol. The highest BCUT2D eigenvalue weighted by Gasteiger charge is 2.15. The van der Waals surface area contributed by atoms with Gasteiger partial charge in [-0.05, 0) is 24.3 Å². The fourth-order valence-corrected chi connectivity index (χ4v) is 2.47. The molecule has 9 heteroatoms. The average Bonchev–Trinajstić information content (AvgIpc) is 3.00. The number of H-pyrrole nitrogens is 1. The number of rotatable bonds is 5.